The molecule has 2 aliphatic heterocycles. The van der Waals surface area contributed by atoms with Crippen LogP contribution < -0.4 is 0 Å². The highest BCUT2D eigenvalue weighted by Gasteiger charge is 2.68. The second kappa shape index (κ2) is 6.97. The number of hydrogen-bond donors (Lipinski definition) is 1. The highest BCUT2D eigenvalue weighted by Crippen LogP contribution is 2.55. The van der Waals surface area contributed by atoms with Crippen LogP contribution in [0.5, 0.6) is 0 Å². The number of nitrogens with zero attached hydrogens (tertiary/aromatic N) is 2. The standard InChI is InChI=1S/C21H28N2O4S/c1-3-4-15-7-9-17(10-8-15)20-18(12-24)23(19(25)11-16-5-6-16)21(20)13-22(14-21)28(2,26)27/h3-4,7-10,16,18,20,24H,5-6,11-14H2,1-2H3/b4-3+/t18-,20+/m0/s1. The predicted molar refractivity (Wildman–Crippen MR) is 108 cm³/mol. The zero-order chi connectivity index (χ0) is 20.1. The molecule has 1 aromatic carbocycles. The monoisotopic (exact) mass is 404 g/mol. The van der Waals surface area contributed by atoms with Crippen LogP contribution in [-0.2, 0) is 14.8 Å². The Balaban J connectivity index is 1.64. The summed E-state index contributed by atoms with van der Waals surface area (Å²) in [5, 5.41) is 10.1. The molecule has 6 nitrogen and oxygen atoms in total. The van der Waals surface area contributed by atoms with Gasteiger partial charge in [0.05, 0.1) is 24.4 Å². The molecule has 4 rings (SSSR count). The number of aliphatic hydroxyl groups is 1. The minimum atomic E-state index is -3.29. The topological polar surface area (TPSA) is 77.9 Å². The molecular formula is C21H28N2O4S. The summed E-state index contributed by atoms with van der Waals surface area (Å²) in [6.45, 7) is 2.46. The molecule has 0 radical (unpaired) electrons. The fourth-order valence-corrected chi connectivity index (χ4v) is 5.80. The first-order valence-corrected chi connectivity index (χ1v) is 11.8. The average molecular weight is 405 g/mol. The molecule has 2 saturated heterocycles. The van der Waals surface area contributed by atoms with Crippen LogP contribution in [0.2, 0.25) is 0 Å². The van der Waals surface area contributed by atoms with E-state index in [4.69, 9.17) is 0 Å². The summed E-state index contributed by atoms with van der Waals surface area (Å²) in [5.74, 6) is 0.448. The van der Waals surface area contributed by atoms with Crippen molar-refractivity contribution in [2.75, 3.05) is 26.0 Å². The van der Waals surface area contributed by atoms with Crippen LogP contribution in [0.4, 0.5) is 0 Å². The third-order valence-electron chi connectivity index (χ3n) is 6.42. The summed E-state index contributed by atoms with van der Waals surface area (Å²) in [5.41, 5.74) is 1.61. The van der Waals surface area contributed by atoms with Crippen molar-refractivity contribution in [3.05, 3.63) is 41.5 Å². The van der Waals surface area contributed by atoms with Crippen molar-refractivity contribution >= 4 is 22.0 Å². The number of benzene rings is 1. The van der Waals surface area contributed by atoms with Crippen molar-refractivity contribution < 1.29 is 18.3 Å². The van der Waals surface area contributed by atoms with Crippen molar-refractivity contribution in [2.45, 2.75) is 43.7 Å². The highest BCUT2D eigenvalue weighted by atomic mass is 32.2. The Hall–Kier alpha value is -1.70. The summed E-state index contributed by atoms with van der Waals surface area (Å²) in [6.07, 6.45) is 7.88. The van der Waals surface area contributed by atoms with Gasteiger partial charge in [0.25, 0.3) is 0 Å². The van der Waals surface area contributed by atoms with E-state index in [9.17, 15) is 18.3 Å². The van der Waals surface area contributed by atoms with Crippen molar-refractivity contribution in [3.63, 3.8) is 0 Å². The third kappa shape index (κ3) is 3.19. The van der Waals surface area contributed by atoms with Crippen molar-refractivity contribution in [1.82, 2.24) is 9.21 Å². The molecule has 0 bridgehead atoms. The van der Waals surface area contributed by atoms with Gasteiger partial charge >= 0.3 is 0 Å². The van der Waals surface area contributed by atoms with Crippen LogP contribution in [0.15, 0.2) is 30.3 Å². The number of amides is 1. The maximum Gasteiger partial charge on any atom is 0.223 e. The number of likely N-dealkylation sites (tertiary alicyclic amines) is 1. The summed E-state index contributed by atoms with van der Waals surface area (Å²) < 4.78 is 25.4. The molecule has 1 amide bonds. The predicted octanol–water partition coefficient (Wildman–Crippen LogP) is 1.82. The number of sulfonamides is 1. The van der Waals surface area contributed by atoms with Gasteiger partial charge in [0.15, 0.2) is 0 Å². The lowest BCUT2D eigenvalue weighted by Gasteiger charge is -2.70. The molecule has 28 heavy (non-hydrogen) atoms. The Morgan fingerprint density at radius 3 is 2.39 bits per heavy atom. The van der Waals surface area contributed by atoms with Crippen LogP contribution in [-0.4, -0.2) is 66.2 Å². The van der Waals surface area contributed by atoms with Gasteiger partial charge in [0, 0.05) is 25.4 Å². The van der Waals surface area contributed by atoms with Gasteiger partial charge in [-0.15, -0.1) is 0 Å². The lowest BCUT2D eigenvalue weighted by atomic mass is 9.61. The van der Waals surface area contributed by atoms with Gasteiger partial charge in [0.1, 0.15) is 0 Å². The Morgan fingerprint density at radius 1 is 1.25 bits per heavy atom. The number of rotatable bonds is 6. The number of carbonyl (C=O) groups is 1. The van der Waals surface area contributed by atoms with Gasteiger partial charge in [0.2, 0.25) is 15.9 Å². The summed E-state index contributed by atoms with van der Waals surface area (Å²) in [4.78, 5) is 14.8. The van der Waals surface area contributed by atoms with E-state index in [-0.39, 0.29) is 24.5 Å². The molecule has 1 aromatic rings. The fraction of sp³-hybridized carbons (Fsp3) is 0.571. The van der Waals surface area contributed by atoms with E-state index in [1.807, 2.05) is 43.3 Å². The molecule has 1 saturated carbocycles. The molecule has 1 aliphatic carbocycles. The van der Waals surface area contributed by atoms with E-state index < -0.39 is 15.6 Å². The van der Waals surface area contributed by atoms with E-state index in [1.54, 1.807) is 4.90 Å². The Labute approximate surface area is 166 Å². The molecule has 152 valence electrons. The largest absolute Gasteiger partial charge is 0.394 e. The second-order valence-corrected chi connectivity index (χ2v) is 10.4. The maximum absolute atomic E-state index is 13.0. The van der Waals surface area contributed by atoms with Crippen LogP contribution in [0, 0.1) is 5.92 Å². The van der Waals surface area contributed by atoms with E-state index in [0.717, 1.165) is 24.0 Å². The van der Waals surface area contributed by atoms with Gasteiger partial charge in [-0.2, -0.15) is 4.31 Å². The maximum atomic E-state index is 13.0. The summed E-state index contributed by atoms with van der Waals surface area (Å²) in [6, 6.07) is 7.84. The van der Waals surface area contributed by atoms with Gasteiger partial charge in [-0.3, -0.25) is 4.79 Å². The quantitative estimate of drug-likeness (QED) is 0.785. The van der Waals surface area contributed by atoms with E-state index in [2.05, 4.69) is 0 Å². The summed E-state index contributed by atoms with van der Waals surface area (Å²) in [7, 11) is -3.29. The Kier molecular flexibility index (Phi) is 4.88. The van der Waals surface area contributed by atoms with E-state index in [0.29, 0.717) is 25.4 Å². The van der Waals surface area contributed by atoms with Crippen LogP contribution >= 0.6 is 0 Å². The molecule has 2 heterocycles. The lowest BCUT2D eigenvalue weighted by molar-refractivity contribution is -0.189. The smallest absolute Gasteiger partial charge is 0.223 e. The number of hydrogen-bond acceptors (Lipinski definition) is 4. The molecule has 7 heteroatoms. The number of carbonyl (C=O) groups excluding carboxylic acids is 1. The average Bonchev–Trinajstić information content (AvgIpc) is 3.37. The van der Waals surface area contributed by atoms with Gasteiger partial charge < -0.3 is 10.0 Å². The third-order valence-corrected chi connectivity index (χ3v) is 7.61. The number of aliphatic hydroxyl groups excluding tert-OH is 1. The Morgan fingerprint density at radius 2 is 1.89 bits per heavy atom. The highest BCUT2D eigenvalue weighted by molar-refractivity contribution is 7.88. The molecule has 1 N–H and O–H groups in total. The molecule has 0 aromatic heterocycles. The normalized spacial score (nSPS) is 27.0. The molecule has 0 unspecified atom stereocenters. The number of allylic oxidation sites excluding steroid dienone is 1. The zero-order valence-electron chi connectivity index (χ0n) is 16.4. The van der Waals surface area contributed by atoms with Crippen LogP contribution in [0.1, 0.15) is 43.2 Å². The van der Waals surface area contributed by atoms with Crippen LogP contribution in [0.3, 0.4) is 0 Å². The van der Waals surface area contributed by atoms with E-state index >= 15 is 0 Å². The zero-order valence-corrected chi connectivity index (χ0v) is 17.2. The molecule has 2 atom stereocenters. The minimum Gasteiger partial charge on any atom is -0.394 e. The SMILES string of the molecule is C/C=C/c1ccc([C@@H]2[C@H](CO)N(C(=O)CC3CC3)C23CN(S(C)(=O)=O)C3)cc1. The molecule has 1 spiro atoms. The first-order valence-electron chi connectivity index (χ1n) is 9.91. The van der Waals surface area contributed by atoms with E-state index in [1.165, 1.54) is 10.6 Å². The second-order valence-electron chi connectivity index (χ2n) is 8.44. The minimum absolute atomic E-state index is 0.0523. The molecular weight excluding hydrogens is 376 g/mol. The summed E-state index contributed by atoms with van der Waals surface area (Å²) >= 11 is 0. The molecule has 3 aliphatic rings. The molecule has 3 fully saturated rings. The fourth-order valence-electron chi connectivity index (χ4n) is 4.88. The van der Waals surface area contributed by atoms with Gasteiger partial charge in [-0.05, 0) is 36.8 Å². The first kappa shape index (κ1) is 19.6. The lowest BCUT2D eigenvalue weighted by Crippen LogP contribution is -2.85. The van der Waals surface area contributed by atoms with Crippen molar-refractivity contribution in [2.24, 2.45) is 5.92 Å². The Bertz CT molecular complexity index is 883. The first-order chi connectivity index (χ1) is 13.3. The van der Waals surface area contributed by atoms with Crippen molar-refractivity contribution in [3.8, 4) is 0 Å². The van der Waals surface area contributed by atoms with Gasteiger partial charge in [-0.1, -0.05) is 36.4 Å². The van der Waals surface area contributed by atoms with Crippen LogP contribution in [0.25, 0.3) is 6.08 Å². The van der Waals surface area contributed by atoms with Crippen molar-refractivity contribution in [1.29, 1.82) is 0 Å². The van der Waals surface area contributed by atoms with Gasteiger partial charge in [-0.25, -0.2) is 8.42 Å².